The van der Waals surface area contributed by atoms with Crippen LogP contribution in [0.2, 0.25) is 0 Å². The smallest absolute Gasteiger partial charge is 0.245 e. The average molecular weight is 433 g/mol. The fourth-order valence-corrected chi connectivity index (χ4v) is 5.91. The Labute approximate surface area is 177 Å². The average Bonchev–Trinajstić information content (AvgIpc) is 3.27. The molecule has 3 heterocycles. The number of benzene rings is 1. The van der Waals surface area contributed by atoms with Crippen LogP contribution in [-0.2, 0) is 20.2 Å². The van der Waals surface area contributed by atoms with Gasteiger partial charge in [0, 0.05) is 18.2 Å². The number of fused-ring (bicyclic) bond motifs is 1. The van der Waals surface area contributed by atoms with E-state index in [2.05, 4.69) is 15.5 Å². The summed E-state index contributed by atoms with van der Waals surface area (Å²) in [4.78, 5) is 17.0. The van der Waals surface area contributed by atoms with E-state index in [1.54, 1.807) is 26.0 Å². The molecule has 1 aromatic heterocycles. The highest BCUT2D eigenvalue weighted by Crippen LogP contribution is 2.42. The lowest BCUT2D eigenvalue weighted by molar-refractivity contribution is -0.119. The van der Waals surface area contributed by atoms with Gasteiger partial charge in [-0.2, -0.15) is 9.29 Å². The van der Waals surface area contributed by atoms with Gasteiger partial charge in [0.15, 0.2) is 5.82 Å². The number of hydrogen-bond acceptors (Lipinski definition) is 6. The van der Waals surface area contributed by atoms with Crippen LogP contribution in [0.15, 0.2) is 21.6 Å². The van der Waals surface area contributed by atoms with Gasteiger partial charge in [0.25, 0.3) is 0 Å². The molecule has 9 heteroatoms. The minimum Gasteiger partial charge on any atom is -0.338 e. The van der Waals surface area contributed by atoms with Crippen LogP contribution >= 0.6 is 0 Å². The van der Waals surface area contributed by atoms with Gasteiger partial charge < -0.3 is 9.84 Å². The lowest BCUT2D eigenvalue weighted by Crippen LogP contribution is -2.38. The van der Waals surface area contributed by atoms with Crippen LogP contribution in [0, 0.1) is 6.92 Å². The number of rotatable bonds is 4. The summed E-state index contributed by atoms with van der Waals surface area (Å²) in [5, 5.41) is 6.90. The zero-order valence-corrected chi connectivity index (χ0v) is 18.8. The number of anilines is 1. The van der Waals surface area contributed by atoms with E-state index < -0.39 is 21.5 Å². The van der Waals surface area contributed by atoms with Gasteiger partial charge in [-0.15, -0.1) is 0 Å². The Morgan fingerprint density at radius 2 is 2.00 bits per heavy atom. The first-order valence-electron chi connectivity index (χ1n) is 10.4. The molecule has 30 heavy (non-hydrogen) atoms. The molecule has 1 atom stereocenters. The van der Waals surface area contributed by atoms with Crippen molar-refractivity contribution in [2.24, 2.45) is 0 Å². The maximum absolute atomic E-state index is 13.7. The number of aromatic nitrogens is 2. The minimum atomic E-state index is -3.82. The molecule has 4 rings (SSSR count). The Morgan fingerprint density at radius 1 is 1.27 bits per heavy atom. The summed E-state index contributed by atoms with van der Waals surface area (Å²) in [5.74, 6) is 0.894. The summed E-state index contributed by atoms with van der Waals surface area (Å²) in [6.45, 7) is 9.76. The number of carbonyl (C=O) groups is 1. The van der Waals surface area contributed by atoms with E-state index >= 15 is 0 Å². The van der Waals surface area contributed by atoms with Crippen molar-refractivity contribution < 1.29 is 17.7 Å². The Balaban J connectivity index is 1.76. The van der Waals surface area contributed by atoms with Crippen molar-refractivity contribution in [2.75, 3.05) is 11.9 Å². The van der Waals surface area contributed by atoms with Gasteiger partial charge in [-0.05, 0) is 56.9 Å². The molecule has 1 amide bonds. The number of amides is 1. The molecule has 1 fully saturated rings. The SMILES string of the molecule is Cc1cc(S(=O)(=O)N2CCCCC2c2nc(C(C)C)no2)cc2c1NC(=O)C2(C)C. The highest BCUT2D eigenvalue weighted by Gasteiger charge is 2.42. The molecule has 2 aliphatic heterocycles. The number of hydrogen-bond donors (Lipinski definition) is 1. The number of sulfonamides is 1. The summed E-state index contributed by atoms with van der Waals surface area (Å²) in [6, 6.07) is 2.79. The third kappa shape index (κ3) is 3.24. The molecule has 0 bridgehead atoms. The fraction of sp³-hybridized carbons (Fsp3) is 0.571. The van der Waals surface area contributed by atoms with E-state index in [9.17, 15) is 13.2 Å². The third-order valence-corrected chi connectivity index (χ3v) is 7.99. The lowest BCUT2D eigenvalue weighted by atomic mass is 9.85. The molecule has 162 valence electrons. The maximum Gasteiger partial charge on any atom is 0.245 e. The van der Waals surface area contributed by atoms with Crippen LogP contribution in [0.3, 0.4) is 0 Å². The standard InChI is InChI=1S/C21H28N4O4S/c1-12(2)18-23-19(29-24-18)16-8-6-7-9-25(16)30(27,28)14-10-13(3)17-15(11-14)21(4,5)20(26)22-17/h10-12,16H,6-9H2,1-5H3,(H,22,26). The second kappa shape index (κ2) is 7.16. The first-order chi connectivity index (χ1) is 14.0. The zero-order valence-electron chi connectivity index (χ0n) is 18.0. The van der Waals surface area contributed by atoms with Gasteiger partial charge in [-0.25, -0.2) is 8.42 Å². The number of aryl methyl sites for hydroxylation is 1. The first-order valence-corrected chi connectivity index (χ1v) is 11.8. The van der Waals surface area contributed by atoms with Crippen molar-refractivity contribution in [3.05, 3.63) is 35.0 Å². The Kier molecular flexibility index (Phi) is 5.01. The van der Waals surface area contributed by atoms with Crippen LogP contribution in [0.4, 0.5) is 5.69 Å². The van der Waals surface area contributed by atoms with Crippen LogP contribution < -0.4 is 5.32 Å². The van der Waals surface area contributed by atoms with Gasteiger partial charge >= 0.3 is 0 Å². The van der Waals surface area contributed by atoms with Crippen molar-refractivity contribution in [1.82, 2.24) is 14.4 Å². The Bertz CT molecular complexity index is 1100. The van der Waals surface area contributed by atoms with E-state index in [0.29, 0.717) is 35.9 Å². The van der Waals surface area contributed by atoms with E-state index in [1.165, 1.54) is 4.31 Å². The topological polar surface area (TPSA) is 105 Å². The molecule has 0 spiro atoms. The third-order valence-electron chi connectivity index (χ3n) is 6.11. The largest absolute Gasteiger partial charge is 0.338 e. The van der Waals surface area contributed by atoms with Gasteiger partial charge in [-0.3, -0.25) is 4.79 Å². The van der Waals surface area contributed by atoms with Crippen molar-refractivity contribution in [3.8, 4) is 0 Å². The molecule has 1 saturated heterocycles. The number of nitrogens with zero attached hydrogens (tertiary/aromatic N) is 3. The van der Waals surface area contributed by atoms with E-state index in [0.717, 1.165) is 18.4 Å². The molecule has 1 unspecified atom stereocenters. The highest BCUT2D eigenvalue weighted by molar-refractivity contribution is 7.89. The molecule has 0 saturated carbocycles. The normalized spacial score (nSPS) is 21.7. The van der Waals surface area contributed by atoms with E-state index in [-0.39, 0.29) is 16.7 Å². The summed E-state index contributed by atoms with van der Waals surface area (Å²) >= 11 is 0. The fourth-order valence-electron chi connectivity index (χ4n) is 4.15. The van der Waals surface area contributed by atoms with Gasteiger partial charge in [0.1, 0.15) is 6.04 Å². The zero-order chi connectivity index (χ0) is 21.8. The molecular weight excluding hydrogens is 404 g/mol. The second-order valence-electron chi connectivity index (χ2n) is 9.01. The number of carbonyl (C=O) groups excluding carboxylic acids is 1. The number of nitrogens with one attached hydrogen (secondary N) is 1. The first kappa shape index (κ1) is 21.0. The summed E-state index contributed by atoms with van der Waals surface area (Å²) < 4.78 is 34.3. The summed E-state index contributed by atoms with van der Waals surface area (Å²) in [6.07, 6.45) is 2.30. The van der Waals surface area contributed by atoms with Gasteiger partial charge in [0.2, 0.25) is 21.8 Å². The maximum atomic E-state index is 13.7. The summed E-state index contributed by atoms with van der Waals surface area (Å²) in [7, 11) is -3.82. The monoisotopic (exact) mass is 432 g/mol. The highest BCUT2D eigenvalue weighted by atomic mass is 32.2. The quantitative estimate of drug-likeness (QED) is 0.791. The van der Waals surface area contributed by atoms with Crippen LogP contribution in [0.1, 0.15) is 81.8 Å². The molecule has 1 N–H and O–H groups in total. The predicted molar refractivity (Wildman–Crippen MR) is 112 cm³/mol. The molecule has 0 aliphatic carbocycles. The van der Waals surface area contributed by atoms with Gasteiger partial charge in [-0.1, -0.05) is 25.4 Å². The van der Waals surface area contributed by atoms with Crippen molar-refractivity contribution in [1.29, 1.82) is 0 Å². The van der Waals surface area contributed by atoms with Gasteiger partial charge in [0.05, 0.1) is 10.3 Å². The lowest BCUT2D eigenvalue weighted by Gasteiger charge is -2.32. The molecule has 2 aromatic rings. The minimum absolute atomic E-state index is 0.0998. The Hall–Kier alpha value is -2.26. The predicted octanol–water partition coefficient (Wildman–Crippen LogP) is 3.65. The molecule has 1 aromatic carbocycles. The molecule has 8 nitrogen and oxygen atoms in total. The van der Waals surface area contributed by atoms with Crippen molar-refractivity contribution >= 4 is 21.6 Å². The van der Waals surface area contributed by atoms with Crippen LogP contribution in [0.25, 0.3) is 0 Å². The van der Waals surface area contributed by atoms with E-state index in [4.69, 9.17) is 4.52 Å². The Morgan fingerprint density at radius 3 is 2.67 bits per heavy atom. The molecule has 2 aliphatic rings. The summed E-state index contributed by atoms with van der Waals surface area (Å²) in [5.41, 5.74) is 1.36. The molecule has 0 radical (unpaired) electrons. The van der Waals surface area contributed by atoms with Crippen molar-refractivity contribution in [2.45, 2.75) is 76.2 Å². The van der Waals surface area contributed by atoms with Crippen LogP contribution in [-0.4, -0.2) is 35.3 Å². The van der Waals surface area contributed by atoms with Crippen molar-refractivity contribution in [3.63, 3.8) is 0 Å². The second-order valence-corrected chi connectivity index (χ2v) is 10.9. The molecular formula is C21H28N4O4S. The van der Waals surface area contributed by atoms with Crippen LogP contribution in [0.5, 0.6) is 0 Å². The van der Waals surface area contributed by atoms with E-state index in [1.807, 2.05) is 20.8 Å². The number of piperidine rings is 1.